The Morgan fingerprint density at radius 1 is 1.47 bits per heavy atom. The van der Waals surface area contributed by atoms with Crippen molar-refractivity contribution in [1.29, 1.82) is 0 Å². The first-order valence-corrected chi connectivity index (χ1v) is 7.86. The lowest BCUT2D eigenvalue weighted by Crippen LogP contribution is -2.54. The first kappa shape index (κ1) is 15.9. The summed E-state index contributed by atoms with van der Waals surface area (Å²) in [5, 5.41) is 2.51. The molecule has 1 heterocycles. The molecule has 0 aromatic carbocycles. The molecule has 1 fully saturated rings. The molecule has 1 aliphatic heterocycles. The quantitative estimate of drug-likeness (QED) is 0.653. The average Bonchev–Trinajstić information content (AvgIpc) is 2.29. The molecule has 0 aromatic rings. The van der Waals surface area contributed by atoms with Crippen LogP contribution in [0.15, 0.2) is 0 Å². The number of amides is 1. The lowest BCUT2D eigenvalue weighted by Gasteiger charge is -2.34. The molecule has 1 N–H and O–H groups in total. The minimum absolute atomic E-state index is 0.0704. The summed E-state index contributed by atoms with van der Waals surface area (Å²) in [6.45, 7) is 3.72. The van der Waals surface area contributed by atoms with Gasteiger partial charge in [-0.2, -0.15) is 0 Å². The molecule has 0 spiro atoms. The van der Waals surface area contributed by atoms with Gasteiger partial charge in [0, 0.05) is 26.1 Å². The second kappa shape index (κ2) is 6.33. The number of rotatable bonds is 4. The highest BCUT2D eigenvalue weighted by atomic mass is 32.2. The van der Waals surface area contributed by atoms with Gasteiger partial charge in [-0.15, -0.1) is 0 Å². The van der Waals surface area contributed by atoms with Crippen LogP contribution in [0.5, 0.6) is 0 Å². The van der Waals surface area contributed by atoms with Crippen LogP contribution in [0.3, 0.4) is 0 Å². The zero-order chi connectivity index (χ0) is 14.6. The van der Waals surface area contributed by atoms with Crippen LogP contribution < -0.4 is 5.32 Å². The van der Waals surface area contributed by atoms with E-state index in [1.54, 1.807) is 6.92 Å². The summed E-state index contributed by atoms with van der Waals surface area (Å²) in [5.74, 6) is -0.713. The van der Waals surface area contributed by atoms with Gasteiger partial charge in [0.1, 0.15) is 6.04 Å². The number of esters is 1. The third kappa shape index (κ3) is 4.79. The number of carbonyl (C=O) groups excluding carboxylic acids is 2. The standard InChI is InChI=1S/C11H20N2O5S/c1-8-7-19(16,17)5-4-13(8)6-10(11(15)18-3)12-9(2)14/h8,10H,4-7H2,1-3H3,(H,12,14). The molecule has 1 saturated heterocycles. The predicted molar refractivity (Wildman–Crippen MR) is 69.3 cm³/mol. The van der Waals surface area contributed by atoms with Crippen molar-refractivity contribution in [1.82, 2.24) is 10.2 Å². The number of sulfone groups is 1. The van der Waals surface area contributed by atoms with Gasteiger partial charge < -0.3 is 10.1 Å². The molecule has 1 amide bonds. The summed E-state index contributed by atoms with van der Waals surface area (Å²) in [5.41, 5.74) is 0. The number of hydrogen-bond donors (Lipinski definition) is 1. The van der Waals surface area contributed by atoms with Crippen molar-refractivity contribution in [3.63, 3.8) is 0 Å². The van der Waals surface area contributed by atoms with E-state index in [9.17, 15) is 18.0 Å². The van der Waals surface area contributed by atoms with Gasteiger partial charge in [-0.1, -0.05) is 0 Å². The second-order valence-electron chi connectivity index (χ2n) is 4.73. The van der Waals surface area contributed by atoms with E-state index in [2.05, 4.69) is 10.1 Å². The lowest BCUT2D eigenvalue weighted by molar-refractivity contribution is -0.145. The number of carbonyl (C=O) groups is 2. The molecule has 7 nitrogen and oxygen atoms in total. The Hall–Kier alpha value is -1.15. The summed E-state index contributed by atoms with van der Waals surface area (Å²) in [7, 11) is -1.74. The van der Waals surface area contributed by atoms with E-state index in [-0.39, 0.29) is 30.0 Å². The van der Waals surface area contributed by atoms with Crippen LogP contribution in [0.1, 0.15) is 13.8 Å². The summed E-state index contributed by atoms with van der Waals surface area (Å²) < 4.78 is 27.6. The molecule has 110 valence electrons. The molecule has 2 atom stereocenters. The van der Waals surface area contributed by atoms with Crippen molar-refractivity contribution in [3.8, 4) is 0 Å². The molecule has 0 aromatic heterocycles. The van der Waals surface area contributed by atoms with E-state index in [1.165, 1.54) is 14.0 Å². The molecule has 1 rings (SSSR count). The van der Waals surface area contributed by atoms with Crippen molar-refractivity contribution in [2.75, 3.05) is 31.7 Å². The molecule has 2 unspecified atom stereocenters. The molecule has 8 heteroatoms. The van der Waals surface area contributed by atoms with Gasteiger partial charge in [0.2, 0.25) is 5.91 Å². The van der Waals surface area contributed by atoms with Crippen molar-refractivity contribution < 1.29 is 22.7 Å². The van der Waals surface area contributed by atoms with E-state index in [4.69, 9.17) is 0 Å². The Morgan fingerprint density at radius 3 is 2.58 bits per heavy atom. The zero-order valence-electron chi connectivity index (χ0n) is 11.4. The first-order chi connectivity index (χ1) is 8.75. The molecule has 0 bridgehead atoms. The molecule has 1 aliphatic rings. The fourth-order valence-electron chi connectivity index (χ4n) is 2.11. The highest BCUT2D eigenvalue weighted by Crippen LogP contribution is 2.12. The summed E-state index contributed by atoms with van der Waals surface area (Å²) in [4.78, 5) is 24.5. The number of nitrogens with zero attached hydrogens (tertiary/aromatic N) is 1. The number of methoxy groups -OCH3 is 1. The highest BCUT2D eigenvalue weighted by molar-refractivity contribution is 7.91. The van der Waals surface area contributed by atoms with Gasteiger partial charge in [-0.25, -0.2) is 13.2 Å². The van der Waals surface area contributed by atoms with Crippen molar-refractivity contribution in [3.05, 3.63) is 0 Å². The fourth-order valence-corrected chi connectivity index (χ4v) is 3.73. The maximum atomic E-state index is 11.6. The van der Waals surface area contributed by atoms with Gasteiger partial charge in [0.25, 0.3) is 0 Å². The summed E-state index contributed by atoms with van der Waals surface area (Å²) >= 11 is 0. The van der Waals surface area contributed by atoms with E-state index in [0.29, 0.717) is 6.54 Å². The normalized spacial score (nSPS) is 24.5. The van der Waals surface area contributed by atoms with Gasteiger partial charge in [-0.05, 0) is 6.92 Å². The summed E-state index contributed by atoms with van der Waals surface area (Å²) in [6.07, 6.45) is 0. The Kier molecular flexibility index (Phi) is 5.30. The van der Waals surface area contributed by atoms with Crippen molar-refractivity contribution in [2.45, 2.75) is 25.9 Å². The van der Waals surface area contributed by atoms with Gasteiger partial charge in [-0.3, -0.25) is 9.69 Å². The van der Waals surface area contributed by atoms with Crippen LogP contribution in [0, 0.1) is 0 Å². The van der Waals surface area contributed by atoms with E-state index < -0.39 is 21.8 Å². The van der Waals surface area contributed by atoms with Crippen molar-refractivity contribution in [2.24, 2.45) is 0 Å². The maximum absolute atomic E-state index is 11.6. The minimum atomic E-state index is -2.99. The smallest absolute Gasteiger partial charge is 0.329 e. The molecule has 0 radical (unpaired) electrons. The molecule has 0 aliphatic carbocycles. The van der Waals surface area contributed by atoms with Crippen LogP contribution in [0.4, 0.5) is 0 Å². The third-order valence-electron chi connectivity index (χ3n) is 3.09. The monoisotopic (exact) mass is 292 g/mol. The molecular weight excluding hydrogens is 272 g/mol. The maximum Gasteiger partial charge on any atom is 0.329 e. The van der Waals surface area contributed by atoms with Gasteiger partial charge in [0.15, 0.2) is 9.84 Å². The van der Waals surface area contributed by atoms with Gasteiger partial charge >= 0.3 is 5.97 Å². The zero-order valence-corrected chi connectivity index (χ0v) is 12.2. The number of hydrogen-bond acceptors (Lipinski definition) is 6. The first-order valence-electron chi connectivity index (χ1n) is 6.04. The van der Waals surface area contributed by atoms with E-state index in [1.807, 2.05) is 4.90 Å². The molecular formula is C11H20N2O5S. The van der Waals surface area contributed by atoms with Crippen molar-refractivity contribution >= 4 is 21.7 Å². The lowest BCUT2D eigenvalue weighted by atomic mass is 10.2. The van der Waals surface area contributed by atoms with E-state index >= 15 is 0 Å². The number of nitrogens with one attached hydrogen (secondary N) is 1. The van der Waals surface area contributed by atoms with Gasteiger partial charge in [0.05, 0.1) is 18.6 Å². The van der Waals surface area contributed by atoms with E-state index in [0.717, 1.165) is 0 Å². The van der Waals surface area contributed by atoms with Crippen LogP contribution in [-0.4, -0.2) is 69.0 Å². The summed E-state index contributed by atoms with van der Waals surface area (Å²) in [6, 6.07) is -0.953. The van der Waals surface area contributed by atoms with Crippen LogP contribution >= 0.6 is 0 Å². The largest absolute Gasteiger partial charge is 0.467 e. The topological polar surface area (TPSA) is 92.8 Å². The Labute approximate surface area is 113 Å². The Balaban J connectivity index is 2.69. The van der Waals surface area contributed by atoms with Crippen LogP contribution in [0.2, 0.25) is 0 Å². The third-order valence-corrected chi connectivity index (χ3v) is 4.88. The molecule has 19 heavy (non-hydrogen) atoms. The SMILES string of the molecule is COC(=O)C(CN1CCS(=O)(=O)CC1C)NC(C)=O. The van der Waals surface area contributed by atoms with Crippen LogP contribution in [0.25, 0.3) is 0 Å². The molecule has 0 saturated carbocycles. The number of ether oxygens (including phenoxy) is 1. The fraction of sp³-hybridized carbons (Fsp3) is 0.818. The second-order valence-corrected chi connectivity index (χ2v) is 6.96. The average molecular weight is 292 g/mol. The minimum Gasteiger partial charge on any atom is -0.467 e. The Morgan fingerprint density at radius 2 is 2.11 bits per heavy atom. The van der Waals surface area contributed by atoms with Crippen LogP contribution in [-0.2, 0) is 24.2 Å². The highest BCUT2D eigenvalue weighted by Gasteiger charge is 2.32. The Bertz CT molecular complexity index is 448. The predicted octanol–water partition coefficient (Wildman–Crippen LogP) is -1.22.